The van der Waals surface area contributed by atoms with Crippen LogP contribution in [0.25, 0.3) is 0 Å². The summed E-state index contributed by atoms with van der Waals surface area (Å²) in [4.78, 5) is 0.188. The fourth-order valence-corrected chi connectivity index (χ4v) is 3.52. The first-order chi connectivity index (χ1) is 9.43. The second-order valence-corrected chi connectivity index (χ2v) is 7.15. The molecule has 0 spiro atoms. The molecule has 0 heterocycles. The van der Waals surface area contributed by atoms with E-state index >= 15 is 0 Å². The molecule has 0 aromatic heterocycles. The average Bonchev–Trinajstić information content (AvgIpc) is 2.43. The molecule has 0 aliphatic heterocycles. The summed E-state index contributed by atoms with van der Waals surface area (Å²) in [6.07, 6.45) is 1.79. The molecule has 4 nitrogen and oxygen atoms in total. The highest BCUT2D eigenvalue weighted by atomic mass is 35.5. The van der Waals surface area contributed by atoms with Gasteiger partial charge in [-0.05, 0) is 30.7 Å². The van der Waals surface area contributed by atoms with Gasteiger partial charge in [0.05, 0.1) is 5.02 Å². The van der Waals surface area contributed by atoms with Crippen LogP contribution in [0.5, 0.6) is 0 Å². The third kappa shape index (κ3) is 4.45. The van der Waals surface area contributed by atoms with Crippen molar-refractivity contribution >= 4 is 21.6 Å². The molecule has 0 radical (unpaired) electrons. The second-order valence-electron chi connectivity index (χ2n) is 4.73. The summed E-state index contributed by atoms with van der Waals surface area (Å²) in [7, 11) is -1.92. The van der Waals surface area contributed by atoms with Crippen LogP contribution in [0.1, 0.15) is 32.3 Å². The number of benzene rings is 1. The Bertz CT molecular complexity index is 532. The lowest BCUT2D eigenvalue weighted by molar-refractivity contribution is 0.459. The van der Waals surface area contributed by atoms with Crippen molar-refractivity contribution < 1.29 is 8.42 Å². The van der Waals surface area contributed by atoms with Crippen LogP contribution in [-0.4, -0.2) is 32.9 Å². The van der Waals surface area contributed by atoms with E-state index in [9.17, 15) is 8.42 Å². The van der Waals surface area contributed by atoms with E-state index in [0.29, 0.717) is 13.1 Å². The van der Waals surface area contributed by atoms with E-state index in [1.165, 1.54) is 4.31 Å². The lowest BCUT2D eigenvalue weighted by Gasteiger charge is -2.18. The van der Waals surface area contributed by atoms with Crippen LogP contribution in [0.15, 0.2) is 23.1 Å². The fourth-order valence-electron chi connectivity index (χ4n) is 1.79. The maximum absolute atomic E-state index is 12.5. The number of nitrogens with zero attached hydrogens (tertiary/aromatic N) is 1. The number of hydrogen-bond acceptors (Lipinski definition) is 3. The summed E-state index contributed by atoms with van der Waals surface area (Å²) in [5, 5.41) is 3.45. The van der Waals surface area contributed by atoms with Crippen molar-refractivity contribution in [3.8, 4) is 0 Å². The number of unbranched alkanes of at least 4 members (excludes halogenated alkanes) is 1. The zero-order valence-electron chi connectivity index (χ0n) is 12.3. The van der Waals surface area contributed by atoms with Gasteiger partial charge in [0.2, 0.25) is 10.0 Å². The quantitative estimate of drug-likeness (QED) is 0.802. The summed E-state index contributed by atoms with van der Waals surface area (Å²) in [5.74, 6) is 0. The van der Waals surface area contributed by atoms with Crippen molar-refractivity contribution in [2.45, 2.75) is 38.1 Å². The lowest BCUT2D eigenvalue weighted by atomic mass is 10.2. The van der Waals surface area contributed by atoms with Gasteiger partial charge >= 0.3 is 0 Å². The average molecular weight is 319 g/mol. The largest absolute Gasteiger partial charge is 0.313 e. The molecule has 0 saturated carbocycles. The number of nitrogens with one attached hydrogen (secondary N) is 1. The topological polar surface area (TPSA) is 49.4 Å². The molecule has 114 valence electrons. The zero-order valence-corrected chi connectivity index (χ0v) is 13.9. The number of hydrogen-bond donors (Lipinski definition) is 1. The molecule has 1 rings (SSSR count). The number of sulfonamides is 1. The highest BCUT2D eigenvalue weighted by Gasteiger charge is 2.23. The summed E-state index contributed by atoms with van der Waals surface area (Å²) < 4.78 is 26.4. The van der Waals surface area contributed by atoms with Crippen molar-refractivity contribution in [1.82, 2.24) is 9.62 Å². The van der Waals surface area contributed by atoms with Gasteiger partial charge in [0, 0.05) is 20.1 Å². The van der Waals surface area contributed by atoms with Crippen LogP contribution >= 0.6 is 11.6 Å². The molecule has 0 atom stereocenters. The third-order valence-corrected chi connectivity index (χ3v) is 5.43. The second kappa shape index (κ2) is 7.98. The predicted octanol–water partition coefficient (Wildman–Crippen LogP) is 2.87. The van der Waals surface area contributed by atoms with Gasteiger partial charge < -0.3 is 5.32 Å². The normalized spacial score (nSPS) is 12.1. The smallest absolute Gasteiger partial charge is 0.244 e. The molecule has 0 fully saturated rings. The Labute approximate surface area is 127 Å². The first kappa shape index (κ1) is 17.4. The van der Waals surface area contributed by atoms with E-state index in [4.69, 9.17) is 11.6 Å². The summed E-state index contributed by atoms with van der Waals surface area (Å²) >= 11 is 6.07. The molecule has 0 amide bonds. The Kier molecular flexibility index (Phi) is 6.95. The standard InChI is InChI=1S/C14H23ClN2O2S/c1-4-6-9-17(3)20(18,19)14-10-12(11-16-5-2)7-8-13(14)15/h7-8,10,16H,4-6,9,11H2,1-3H3. The zero-order chi connectivity index (χ0) is 15.2. The van der Waals surface area contributed by atoms with E-state index in [1.807, 2.05) is 19.9 Å². The van der Waals surface area contributed by atoms with Gasteiger partial charge in [-0.1, -0.05) is 37.9 Å². The molecular weight excluding hydrogens is 296 g/mol. The van der Waals surface area contributed by atoms with E-state index in [-0.39, 0.29) is 9.92 Å². The Balaban J connectivity index is 3.03. The highest BCUT2D eigenvalue weighted by Crippen LogP contribution is 2.25. The van der Waals surface area contributed by atoms with Crippen molar-refractivity contribution in [3.63, 3.8) is 0 Å². The van der Waals surface area contributed by atoms with Crippen LogP contribution in [0.3, 0.4) is 0 Å². The van der Waals surface area contributed by atoms with Gasteiger partial charge in [-0.3, -0.25) is 0 Å². The molecular formula is C14H23ClN2O2S. The first-order valence-corrected chi connectivity index (χ1v) is 8.70. The molecule has 0 bridgehead atoms. The maximum Gasteiger partial charge on any atom is 0.244 e. The minimum atomic E-state index is -3.52. The van der Waals surface area contributed by atoms with Crippen LogP contribution in [0.4, 0.5) is 0 Å². The van der Waals surface area contributed by atoms with Gasteiger partial charge in [-0.15, -0.1) is 0 Å². The molecule has 1 aromatic carbocycles. The molecule has 1 N–H and O–H groups in total. The fraction of sp³-hybridized carbons (Fsp3) is 0.571. The van der Waals surface area contributed by atoms with Crippen LogP contribution in [0.2, 0.25) is 5.02 Å². The minimum absolute atomic E-state index is 0.188. The summed E-state index contributed by atoms with van der Waals surface area (Å²) in [6, 6.07) is 5.15. The molecule has 0 aliphatic rings. The van der Waals surface area contributed by atoms with Crippen LogP contribution in [0, 0.1) is 0 Å². The predicted molar refractivity (Wildman–Crippen MR) is 83.6 cm³/mol. The van der Waals surface area contributed by atoms with Gasteiger partial charge in [0.1, 0.15) is 4.90 Å². The third-order valence-electron chi connectivity index (χ3n) is 3.09. The Morgan fingerprint density at radius 2 is 2.00 bits per heavy atom. The molecule has 0 unspecified atom stereocenters. The van der Waals surface area contributed by atoms with Gasteiger partial charge in [-0.25, -0.2) is 12.7 Å². The number of rotatable bonds is 8. The maximum atomic E-state index is 12.5. The molecule has 20 heavy (non-hydrogen) atoms. The number of halogens is 1. The van der Waals surface area contributed by atoms with E-state index < -0.39 is 10.0 Å². The molecule has 0 aliphatic carbocycles. The van der Waals surface area contributed by atoms with E-state index in [1.54, 1.807) is 19.2 Å². The van der Waals surface area contributed by atoms with Crippen molar-refractivity contribution in [2.75, 3.05) is 20.1 Å². The highest BCUT2D eigenvalue weighted by molar-refractivity contribution is 7.89. The van der Waals surface area contributed by atoms with E-state index in [0.717, 1.165) is 24.9 Å². The van der Waals surface area contributed by atoms with Gasteiger partial charge in [-0.2, -0.15) is 0 Å². The van der Waals surface area contributed by atoms with Crippen molar-refractivity contribution in [3.05, 3.63) is 28.8 Å². The molecule has 6 heteroatoms. The van der Waals surface area contributed by atoms with E-state index in [2.05, 4.69) is 5.32 Å². The van der Waals surface area contributed by atoms with Crippen molar-refractivity contribution in [2.24, 2.45) is 0 Å². The van der Waals surface area contributed by atoms with Crippen LogP contribution < -0.4 is 5.32 Å². The van der Waals surface area contributed by atoms with Gasteiger partial charge in [0.25, 0.3) is 0 Å². The first-order valence-electron chi connectivity index (χ1n) is 6.89. The van der Waals surface area contributed by atoms with Crippen molar-refractivity contribution in [1.29, 1.82) is 0 Å². The SMILES string of the molecule is CCCCN(C)S(=O)(=O)c1cc(CNCC)ccc1Cl. The Hall–Kier alpha value is -0.620. The monoisotopic (exact) mass is 318 g/mol. The minimum Gasteiger partial charge on any atom is -0.313 e. The Morgan fingerprint density at radius 1 is 1.30 bits per heavy atom. The lowest BCUT2D eigenvalue weighted by Crippen LogP contribution is -2.28. The van der Waals surface area contributed by atoms with Gasteiger partial charge in [0.15, 0.2) is 0 Å². The summed E-state index contributed by atoms with van der Waals surface area (Å²) in [5.41, 5.74) is 0.915. The van der Waals surface area contributed by atoms with Crippen LogP contribution in [-0.2, 0) is 16.6 Å². The Morgan fingerprint density at radius 3 is 2.60 bits per heavy atom. The molecule has 1 aromatic rings. The summed E-state index contributed by atoms with van der Waals surface area (Å²) in [6.45, 7) is 6.01. The molecule has 0 saturated heterocycles.